The molecule has 4 heteroatoms. The van der Waals surface area contributed by atoms with E-state index in [1.807, 2.05) is 12.1 Å². The molecule has 0 saturated carbocycles. The summed E-state index contributed by atoms with van der Waals surface area (Å²) in [7, 11) is 0. The Morgan fingerprint density at radius 2 is 2.06 bits per heavy atom. The summed E-state index contributed by atoms with van der Waals surface area (Å²) in [6, 6.07) is 3.70. The van der Waals surface area contributed by atoms with Crippen molar-refractivity contribution in [1.29, 1.82) is 0 Å². The van der Waals surface area contributed by atoms with Crippen LogP contribution in [0, 0.1) is 0 Å². The van der Waals surface area contributed by atoms with Crippen molar-refractivity contribution in [3.63, 3.8) is 0 Å². The highest BCUT2D eigenvalue weighted by Gasteiger charge is 2.29. The first kappa shape index (κ1) is 13.1. The zero-order valence-electron chi connectivity index (χ0n) is 9.37. The van der Waals surface area contributed by atoms with E-state index in [-0.39, 0.29) is 5.78 Å². The molecule has 1 aromatic rings. The average Bonchev–Trinajstić information content (AvgIpc) is 2.27. The maximum absolute atomic E-state index is 11.7. The first-order valence-electron chi connectivity index (χ1n) is 4.85. The fraction of sp³-hybridized carbons (Fsp3) is 0.333. The van der Waals surface area contributed by atoms with Crippen LogP contribution in [0.1, 0.15) is 19.4 Å². The minimum Gasteiger partial charge on any atom is -0.363 e. The van der Waals surface area contributed by atoms with E-state index in [0.29, 0.717) is 11.1 Å². The van der Waals surface area contributed by atoms with Crippen molar-refractivity contribution < 1.29 is 9.53 Å². The van der Waals surface area contributed by atoms with Crippen LogP contribution in [-0.2, 0) is 16.1 Å². The Kier molecular flexibility index (Phi) is 4.38. The number of Topliss-reactive ketones (excluding diaryl/α,β-unsaturated/α-hetero) is 1. The Morgan fingerprint density at radius 3 is 2.56 bits per heavy atom. The average molecular weight is 284 g/mol. The number of ketones is 1. The Balaban J connectivity index is 2.61. The summed E-state index contributed by atoms with van der Waals surface area (Å²) >= 11 is 3.07. The Morgan fingerprint density at radius 1 is 1.50 bits per heavy atom. The van der Waals surface area contributed by atoms with Gasteiger partial charge in [0.25, 0.3) is 0 Å². The molecule has 0 spiro atoms. The smallest absolute Gasteiger partial charge is 0.200 e. The van der Waals surface area contributed by atoms with Crippen LogP contribution in [0.15, 0.2) is 35.6 Å². The lowest BCUT2D eigenvalue weighted by atomic mass is 10.0. The van der Waals surface area contributed by atoms with E-state index in [1.165, 1.54) is 0 Å². The van der Waals surface area contributed by atoms with Crippen molar-refractivity contribution >= 4 is 21.7 Å². The van der Waals surface area contributed by atoms with Gasteiger partial charge in [0.15, 0.2) is 5.78 Å². The van der Waals surface area contributed by atoms with Crippen molar-refractivity contribution in [3.8, 4) is 0 Å². The molecule has 16 heavy (non-hydrogen) atoms. The predicted octanol–water partition coefficient (Wildman–Crippen LogP) is 2.85. The summed E-state index contributed by atoms with van der Waals surface area (Å²) < 4.78 is 5.90. The Bertz CT molecular complexity index is 387. The van der Waals surface area contributed by atoms with E-state index >= 15 is 0 Å². The SMILES string of the molecule is C=C(Br)C(=O)C(C)(C)OCc1ccncc1. The van der Waals surface area contributed by atoms with Crippen LogP contribution >= 0.6 is 15.9 Å². The van der Waals surface area contributed by atoms with E-state index in [1.54, 1.807) is 26.2 Å². The zero-order valence-corrected chi connectivity index (χ0v) is 11.0. The van der Waals surface area contributed by atoms with Crippen LogP contribution < -0.4 is 0 Å². The summed E-state index contributed by atoms with van der Waals surface area (Å²) in [5, 5.41) is 0. The molecule has 0 unspecified atom stereocenters. The first-order valence-corrected chi connectivity index (χ1v) is 5.65. The first-order chi connectivity index (χ1) is 7.43. The van der Waals surface area contributed by atoms with Crippen molar-refractivity contribution in [3.05, 3.63) is 41.2 Å². The molecule has 0 bridgehead atoms. The number of ether oxygens (including phenoxy) is 1. The standard InChI is InChI=1S/C12H14BrNO2/c1-9(13)11(15)12(2,3)16-8-10-4-6-14-7-5-10/h4-7H,1,8H2,2-3H3. The third kappa shape index (κ3) is 3.54. The molecule has 3 nitrogen and oxygen atoms in total. The van der Waals surface area contributed by atoms with Gasteiger partial charge in [0, 0.05) is 12.4 Å². The predicted molar refractivity (Wildman–Crippen MR) is 66.2 cm³/mol. The van der Waals surface area contributed by atoms with Crippen LogP contribution in [0.4, 0.5) is 0 Å². The molecule has 0 aromatic carbocycles. The van der Waals surface area contributed by atoms with Gasteiger partial charge < -0.3 is 4.74 Å². The highest BCUT2D eigenvalue weighted by molar-refractivity contribution is 9.12. The highest BCUT2D eigenvalue weighted by atomic mass is 79.9. The van der Waals surface area contributed by atoms with Crippen LogP contribution in [0.5, 0.6) is 0 Å². The van der Waals surface area contributed by atoms with E-state index < -0.39 is 5.60 Å². The Hall–Kier alpha value is -1.00. The molecule has 0 radical (unpaired) electrons. The molecule has 0 amide bonds. The van der Waals surface area contributed by atoms with E-state index in [2.05, 4.69) is 27.5 Å². The number of carbonyl (C=O) groups is 1. The normalized spacial score (nSPS) is 11.2. The van der Waals surface area contributed by atoms with Crippen LogP contribution in [0.3, 0.4) is 0 Å². The second-order valence-corrected chi connectivity index (χ2v) is 4.85. The summed E-state index contributed by atoms with van der Waals surface area (Å²) in [5.41, 5.74) is 0.111. The quantitative estimate of drug-likeness (QED) is 0.780. The lowest BCUT2D eigenvalue weighted by Gasteiger charge is -2.23. The van der Waals surface area contributed by atoms with E-state index in [9.17, 15) is 4.79 Å². The number of aromatic nitrogens is 1. The molecule has 0 atom stereocenters. The van der Waals surface area contributed by atoms with Gasteiger partial charge in [-0.15, -0.1) is 0 Å². The Labute approximate surface area is 104 Å². The number of carbonyl (C=O) groups excluding carboxylic acids is 1. The van der Waals surface area contributed by atoms with Crippen LogP contribution in [0.25, 0.3) is 0 Å². The maximum atomic E-state index is 11.7. The molecule has 0 saturated heterocycles. The van der Waals surface area contributed by atoms with E-state index in [0.717, 1.165) is 5.56 Å². The largest absolute Gasteiger partial charge is 0.363 e. The van der Waals surface area contributed by atoms with Crippen LogP contribution in [0.2, 0.25) is 0 Å². The third-order valence-corrected chi connectivity index (χ3v) is 2.50. The summed E-state index contributed by atoms with van der Waals surface area (Å²) in [5.74, 6) is -0.151. The molecule has 0 aliphatic rings. The van der Waals surface area contributed by atoms with E-state index in [4.69, 9.17) is 4.74 Å². The fourth-order valence-corrected chi connectivity index (χ4v) is 1.61. The summed E-state index contributed by atoms with van der Waals surface area (Å²) in [6.45, 7) is 7.38. The number of hydrogen-bond donors (Lipinski definition) is 0. The molecule has 1 heterocycles. The lowest BCUT2D eigenvalue weighted by Crippen LogP contribution is -2.34. The molecule has 0 N–H and O–H groups in total. The van der Waals surface area contributed by atoms with Gasteiger partial charge in [-0.1, -0.05) is 6.58 Å². The molecule has 0 aliphatic heterocycles. The molecule has 0 fully saturated rings. The second-order valence-electron chi connectivity index (χ2n) is 3.89. The maximum Gasteiger partial charge on any atom is 0.200 e. The minimum atomic E-state index is -0.871. The summed E-state index contributed by atoms with van der Waals surface area (Å²) in [6.07, 6.45) is 3.38. The molecule has 86 valence electrons. The number of hydrogen-bond acceptors (Lipinski definition) is 3. The van der Waals surface area contributed by atoms with Gasteiger partial charge in [0.2, 0.25) is 0 Å². The number of pyridine rings is 1. The molecule has 1 rings (SSSR count). The number of rotatable bonds is 5. The second kappa shape index (κ2) is 5.37. The van der Waals surface area contributed by atoms with Crippen molar-refractivity contribution in [1.82, 2.24) is 4.98 Å². The zero-order chi connectivity index (χ0) is 12.2. The van der Waals surface area contributed by atoms with Crippen LogP contribution in [-0.4, -0.2) is 16.4 Å². The topological polar surface area (TPSA) is 39.2 Å². The molecule has 1 aromatic heterocycles. The fourth-order valence-electron chi connectivity index (χ4n) is 1.13. The molecular formula is C12H14BrNO2. The lowest BCUT2D eigenvalue weighted by molar-refractivity contribution is -0.136. The van der Waals surface area contributed by atoms with Crippen molar-refractivity contribution in [2.45, 2.75) is 26.1 Å². The number of nitrogens with zero attached hydrogens (tertiary/aromatic N) is 1. The van der Waals surface area contributed by atoms with Crippen molar-refractivity contribution in [2.24, 2.45) is 0 Å². The van der Waals surface area contributed by atoms with Gasteiger partial charge in [-0.3, -0.25) is 9.78 Å². The van der Waals surface area contributed by atoms with Gasteiger partial charge in [0.05, 0.1) is 11.1 Å². The summed E-state index contributed by atoms with van der Waals surface area (Å²) in [4.78, 5) is 15.6. The van der Waals surface area contributed by atoms with Gasteiger partial charge in [0.1, 0.15) is 5.60 Å². The van der Waals surface area contributed by atoms with Gasteiger partial charge in [-0.05, 0) is 47.5 Å². The van der Waals surface area contributed by atoms with Gasteiger partial charge >= 0.3 is 0 Å². The minimum absolute atomic E-state index is 0.151. The number of halogens is 1. The van der Waals surface area contributed by atoms with Gasteiger partial charge in [-0.25, -0.2) is 0 Å². The highest BCUT2D eigenvalue weighted by Crippen LogP contribution is 2.20. The van der Waals surface area contributed by atoms with Gasteiger partial charge in [-0.2, -0.15) is 0 Å². The third-order valence-electron chi connectivity index (χ3n) is 2.14. The molecule has 0 aliphatic carbocycles. The monoisotopic (exact) mass is 283 g/mol. The van der Waals surface area contributed by atoms with Crippen molar-refractivity contribution in [2.75, 3.05) is 0 Å². The molecular weight excluding hydrogens is 270 g/mol.